The van der Waals surface area contributed by atoms with Crippen molar-refractivity contribution in [2.45, 2.75) is 6.54 Å². The van der Waals surface area contributed by atoms with Gasteiger partial charge >= 0.3 is 0 Å². The Hall–Kier alpha value is -1.28. The van der Waals surface area contributed by atoms with Gasteiger partial charge in [0.2, 0.25) is 0 Å². The number of hydrogen-bond donors (Lipinski definition) is 0. The number of benzene rings is 1. The number of aromatic nitrogens is 2. The molecule has 2 heterocycles. The maximum Gasteiger partial charge on any atom is 0.140 e. The van der Waals surface area contributed by atoms with Crippen molar-refractivity contribution in [1.29, 1.82) is 0 Å². The predicted molar refractivity (Wildman–Crippen MR) is 51.8 cm³/mol. The maximum atomic E-state index is 6.08. The second kappa shape index (κ2) is 2.36. The number of hydrogen-bond acceptors (Lipinski definition) is 1. The van der Waals surface area contributed by atoms with Crippen molar-refractivity contribution >= 4 is 11.6 Å². The van der Waals surface area contributed by atoms with Gasteiger partial charge in [-0.2, -0.15) is 0 Å². The molecule has 0 saturated carbocycles. The molecule has 0 saturated heterocycles. The molecule has 0 spiro atoms. The second-order valence-corrected chi connectivity index (χ2v) is 3.55. The molecule has 1 aromatic carbocycles. The van der Waals surface area contributed by atoms with Gasteiger partial charge in [-0.3, -0.25) is 0 Å². The molecule has 1 aliphatic rings. The Balaban J connectivity index is 2.34. The topological polar surface area (TPSA) is 17.8 Å². The molecule has 3 heteroatoms. The predicted octanol–water partition coefficient (Wildman–Crippen LogP) is 2.57. The van der Waals surface area contributed by atoms with E-state index in [4.69, 9.17) is 11.6 Å². The molecular weight excluding hydrogens is 184 g/mol. The third-order valence-electron chi connectivity index (χ3n) is 2.40. The number of nitrogens with zero attached hydrogens (tertiary/aromatic N) is 2. The standard InChI is InChI=1S/C10H7ClN2/c11-9-3-1-2-7-8(9)6-13-5-4-12-10(7)13/h1-5H,6H2. The molecule has 13 heavy (non-hydrogen) atoms. The molecule has 0 radical (unpaired) electrons. The van der Waals surface area contributed by atoms with Crippen molar-refractivity contribution in [2.24, 2.45) is 0 Å². The van der Waals surface area contributed by atoms with E-state index in [-0.39, 0.29) is 0 Å². The summed E-state index contributed by atoms with van der Waals surface area (Å²) >= 11 is 6.08. The molecule has 2 aromatic rings. The van der Waals surface area contributed by atoms with Crippen LogP contribution in [0.1, 0.15) is 5.56 Å². The molecule has 0 bridgehead atoms. The van der Waals surface area contributed by atoms with Gasteiger partial charge in [0.15, 0.2) is 0 Å². The van der Waals surface area contributed by atoms with Crippen LogP contribution >= 0.6 is 11.6 Å². The lowest BCUT2D eigenvalue weighted by Gasteiger charge is -1.98. The number of halogens is 1. The summed E-state index contributed by atoms with van der Waals surface area (Å²) in [6.45, 7) is 0.852. The van der Waals surface area contributed by atoms with Gasteiger partial charge in [0.1, 0.15) is 5.82 Å². The van der Waals surface area contributed by atoms with Crippen LogP contribution in [0.15, 0.2) is 30.6 Å². The van der Waals surface area contributed by atoms with Crippen molar-refractivity contribution in [3.63, 3.8) is 0 Å². The van der Waals surface area contributed by atoms with Crippen LogP contribution < -0.4 is 0 Å². The van der Waals surface area contributed by atoms with Gasteiger partial charge < -0.3 is 4.57 Å². The second-order valence-electron chi connectivity index (χ2n) is 3.14. The van der Waals surface area contributed by atoms with Gasteiger partial charge in [-0.05, 0) is 6.07 Å². The molecule has 0 N–H and O–H groups in total. The Morgan fingerprint density at radius 2 is 2.31 bits per heavy atom. The minimum atomic E-state index is 0.836. The lowest BCUT2D eigenvalue weighted by atomic mass is 10.1. The monoisotopic (exact) mass is 190 g/mol. The van der Waals surface area contributed by atoms with Crippen molar-refractivity contribution in [3.8, 4) is 11.4 Å². The van der Waals surface area contributed by atoms with E-state index < -0.39 is 0 Å². The lowest BCUT2D eigenvalue weighted by Crippen LogP contribution is -1.89. The summed E-state index contributed by atoms with van der Waals surface area (Å²) in [4.78, 5) is 4.28. The number of fused-ring (bicyclic) bond motifs is 3. The van der Waals surface area contributed by atoms with Gasteiger partial charge in [0.05, 0.1) is 6.54 Å². The van der Waals surface area contributed by atoms with Crippen molar-refractivity contribution in [3.05, 3.63) is 41.2 Å². The summed E-state index contributed by atoms with van der Waals surface area (Å²) in [6.07, 6.45) is 3.80. The SMILES string of the molecule is Clc1cccc2c1Cn1ccnc1-2. The van der Waals surface area contributed by atoms with Crippen LogP contribution in [0.25, 0.3) is 11.4 Å². The zero-order valence-corrected chi connectivity index (χ0v) is 7.62. The minimum absolute atomic E-state index is 0.836. The van der Waals surface area contributed by atoms with Gasteiger partial charge in [-0.15, -0.1) is 0 Å². The van der Waals surface area contributed by atoms with Gasteiger partial charge in [-0.25, -0.2) is 4.98 Å². The van der Waals surface area contributed by atoms with Gasteiger partial charge in [0, 0.05) is 28.5 Å². The van der Waals surface area contributed by atoms with Crippen LogP contribution in [0, 0.1) is 0 Å². The molecule has 64 valence electrons. The minimum Gasteiger partial charge on any atom is -0.326 e. The van der Waals surface area contributed by atoms with Crippen molar-refractivity contribution in [2.75, 3.05) is 0 Å². The summed E-state index contributed by atoms with van der Waals surface area (Å²) < 4.78 is 2.11. The molecule has 0 atom stereocenters. The van der Waals surface area contributed by atoms with E-state index >= 15 is 0 Å². The summed E-state index contributed by atoms with van der Waals surface area (Å²) in [7, 11) is 0. The van der Waals surface area contributed by atoms with E-state index in [9.17, 15) is 0 Å². The molecule has 1 aromatic heterocycles. The van der Waals surface area contributed by atoms with Crippen LogP contribution in [0.4, 0.5) is 0 Å². The normalized spacial score (nSPS) is 12.7. The maximum absolute atomic E-state index is 6.08. The molecule has 0 aliphatic carbocycles. The Labute approximate surface area is 80.8 Å². The van der Waals surface area contributed by atoms with Crippen LogP contribution in [0.5, 0.6) is 0 Å². The molecule has 0 unspecified atom stereocenters. The number of rotatable bonds is 0. The molecular formula is C10H7ClN2. The Bertz CT molecular complexity index is 474. The quantitative estimate of drug-likeness (QED) is 0.533. The van der Waals surface area contributed by atoms with E-state index in [0.717, 1.165) is 23.0 Å². The zero-order valence-electron chi connectivity index (χ0n) is 6.87. The summed E-state index contributed by atoms with van der Waals surface area (Å²) in [5.41, 5.74) is 2.35. The Kier molecular flexibility index (Phi) is 1.30. The largest absolute Gasteiger partial charge is 0.326 e. The highest BCUT2D eigenvalue weighted by molar-refractivity contribution is 6.31. The highest BCUT2D eigenvalue weighted by Crippen LogP contribution is 2.34. The van der Waals surface area contributed by atoms with Crippen molar-refractivity contribution < 1.29 is 0 Å². The molecule has 1 aliphatic heterocycles. The first-order chi connectivity index (χ1) is 6.36. The third kappa shape index (κ3) is 0.864. The third-order valence-corrected chi connectivity index (χ3v) is 2.76. The fourth-order valence-electron chi connectivity index (χ4n) is 1.78. The van der Waals surface area contributed by atoms with Crippen LogP contribution in [0.2, 0.25) is 5.02 Å². The summed E-state index contributed by atoms with van der Waals surface area (Å²) in [5.74, 6) is 1.03. The molecule has 2 nitrogen and oxygen atoms in total. The first kappa shape index (κ1) is 7.15. The van der Waals surface area contributed by atoms with E-state index in [1.165, 1.54) is 5.56 Å². The highest BCUT2D eigenvalue weighted by Gasteiger charge is 2.20. The van der Waals surface area contributed by atoms with Gasteiger partial charge in [0.25, 0.3) is 0 Å². The van der Waals surface area contributed by atoms with E-state index in [2.05, 4.69) is 15.6 Å². The van der Waals surface area contributed by atoms with Crippen LogP contribution in [0.3, 0.4) is 0 Å². The smallest absolute Gasteiger partial charge is 0.140 e. The van der Waals surface area contributed by atoms with E-state index in [0.29, 0.717) is 0 Å². The van der Waals surface area contributed by atoms with Crippen LogP contribution in [-0.2, 0) is 6.54 Å². The fourth-order valence-corrected chi connectivity index (χ4v) is 2.01. The zero-order chi connectivity index (χ0) is 8.84. The Morgan fingerprint density at radius 3 is 3.23 bits per heavy atom. The van der Waals surface area contributed by atoms with E-state index in [1.54, 1.807) is 0 Å². The van der Waals surface area contributed by atoms with Gasteiger partial charge in [-0.1, -0.05) is 23.7 Å². The van der Waals surface area contributed by atoms with E-state index in [1.807, 2.05) is 24.5 Å². The highest BCUT2D eigenvalue weighted by atomic mass is 35.5. The van der Waals surface area contributed by atoms with Crippen LogP contribution in [-0.4, -0.2) is 9.55 Å². The average molecular weight is 191 g/mol. The lowest BCUT2D eigenvalue weighted by molar-refractivity contribution is 0.848. The summed E-state index contributed by atoms with van der Waals surface area (Å²) in [5, 5.41) is 0.836. The first-order valence-electron chi connectivity index (χ1n) is 4.15. The first-order valence-corrected chi connectivity index (χ1v) is 4.53. The summed E-state index contributed by atoms with van der Waals surface area (Å²) in [6, 6.07) is 5.95. The molecule has 3 rings (SSSR count). The van der Waals surface area contributed by atoms with Crippen molar-refractivity contribution in [1.82, 2.24) is 9.55 Å². The fraction of sp³-hybridized carbons (Fsp3) is 0.100. The molecule has 0 amide bonds. The average Bonchev–Trinajstić information content (AvgIpc) is 2.65. The Morgan fingerprint density at radius 1 is 1.38 bits per heavy atom. The number of imidazole rings is 1. The molecule has 0 fully saturated rings.